The lowest BCUT2D eigenvalue weighted by molar-refractivity contribution is 1.18. The summed E-state index contributed by atoms with van der Waals surface area (Å²) in [6, 6.07) is 67.6. The number of nitriles is 1. The van der Waals surface area contributed by atoms with Crippen molar-refractivity contribution in [2.24, 2.45) is 0 Å². The van der Waals surface area contributed by atoms with E-state index in [1.807, 2.05) is 60.7 Å². The predicted octanol–water partition coefficient (Wildman–Crippen LogP) is 12.7. The zero-order valence-corrected chi connectivity index (χ0v) is 28.2. The third-order valence-corrected chi connectivity index (χ3v) is 9.66. The van der Waals surface area contributed by atoms with Crippen molar-refractivity contribution >= 4 is 21.5 Å². The van der Waals surface area contributed by atoms with E-state index in [1.165, 1.54) is 10.8 Å². The molecule has 0 amide bonds. The van der Waals surface area contributed by atoms with Crippen molar-refractivity contribution in [3.05, 3.63) is 194 Å². The van der Waals surface area contributed by atoms with Gasteiger partial charge < -0.3 is 0 Å². The number of hydrogen-bond donors (Lipinski definition) is 0. The van der Waals surface area contributed by atoms with Gasteiger partial charge in [0.25, 0.3) is 0 Å². The van der Waals surface area contributed by atoms with Gasteiger partial charge in [0, 0.05) is 16.7 Å². The van der Waals surface area contributed by atoms with E-state index < -0.39 is 0 Å². The van der Waals surface area contributed by atoms with Crippen molar-refractivity contribution < 1.29 is 0 Å². The Labute approximate surface area is 302 Å². The van der Waals surface area contributed by atoms with Crippen LogP contribution in [0.25, 0.3) is 88.8 Å². The minimum atomic E-state index is 0.644. The molecule has 0 spiro atoms. The molecule has 1 heterocycles. The molecule has 242 valence electrons. The maximum absolute atomic E-state index is 9.95. The highest BCUT2D eigenvalue weighted by Gasteiger charge is 2.12. The molecule has 0 N–H and O–H groups in total. The summed E-state index contributed by atoms with van der Waals surface area (Å²) in [4.78, 5) is 9.94. The van der Waals surface area contributed by atoms with Crippen LogP contribution in [0.5, 0.6) is 0 Å². The molecule has 1 aromatic heterocycles. The van der Waals surface area contributed by atoms with Gasteiger partial charge in [0.15, 0.2) is 5.82 Å². The fourth-order valence-corrected chi connectivity index (χ4v) is 6.90. The fourth-order valence-electron chi connectivity index (χ4n) is 6.90. The number of benzene rings is 8. The molecule has 0 fully saturated rings. The molecule has 0 atom stereocenters. The van der Waals surface area contributed by atoms with Crippen LogP contribution in [0.3, 0.4) is 0 Å². The summed E-state index contributed by atoms with van der Waals surface area (Å²) in [5.74, 6) is 0.705. The van der Waals surface area contributed by atoms with Crippen LogP contribution in [0.1, 0.15) is 5.56 Å². The minimum Gasteiger partial charge on any atom is -0.228 e. The van der Waals surface area contributed by atoms with Gasteiger partial charge in [-0.15, -0.1) is 0 Å². The van der Waals surface area contributed by atoms with Gasteiger partial charge in [-0.25, -0.2) is 9.97 Å². The number of hydrogen-bond acceptors (Lipinski definition) is 3. The van der Waals surface area contributed by atoms with Gasteiger partial charge in [0.05, 0.1) is 23.0 Å². The first-order chi connectivity index (χ1) is 25.7. The third kappa shape index (κ3) is 6.11. The van der Waals surface area contributed by atoms with Gasteiger partial charge in [0.2, 0.25) is 0 Å². The molecule has 0 bridgehead atoms. The summed E-state index contributed by atoms with van der Waals surface area (Å²) in [5.41, 5.74) is 12.0. The van der Waals surface area contributed by atoms with Crippen LogP contribution in [0.15, 0.2) is 188 Å². The fraction of sp³-hybridized carbons (Fsp3) is 0. The molecule has 0 aliphatic rings. The Hall–Kier alpha value is -7.15. The largest absolute Gasteiger partial charge is 0.228 e. The van der Waals surface area contributed by atoms with E-state index in [0.717, 1.165) is 72.2 Å². The summed E-state index contributed by atoms with van der Waals surface area (Å²) in [6.45, 7) is 0. The summed E-state index contributed by atoms with van der Waals surface area (Å²) >= 11 is 0. The molecule has 8 aromatic carbocycles. The molecule has 0 saturated carbocycles. The Morgan fingerprint density at radius 2 is 0.750 bits per heavy atom. The van der Waals surface area contributed by atoms with Crippen molar-refractivity contribution in [2.45, 2.75) is 0 Å². The normalized spacial score (nSPS) is 11.1. The van der Waals surface area contributed by atoms with Gasteiger partial charge in [-0.2, -0.15) is 5.26 Å². The molecule has 0 radical (unpaired) electrons. The molecule has 0 aliphatic carbocycles. The topological polar surface area (TPSA) is 49.6 Å². The smallest absolute Gasteiger partial charge is 0.160 e. The predicted molar refractivity (Wildman–Crippen MR) is 214 cm³/mol. The molecular weight excluding hydrogens is 631 g/mol. The van der Waals surface area contributed by atoms with Crippen molar-refractivity contribution in [2.75, 3.05) is 0 Å². The standard InChI is InChI=1S/C49H31N3/c50-32-33-25-44(42-23-17-34-9-7-8-14-40(34)27-42)30-45(26-33)43-24-19-36-18-22-41(28-46(36)29-43)35-15-20-38(21-16-35)48-31-47(37-10-3-1-4-11-37)51-49(52-48)39-12-5-2-6-13-39/h1-31H. The second-order valence-electron chi connectivity index (χ2n) is 13.0. The van der Waals surface area contributed by atoms with Gasteiger partial charge in [-0.3, -0.25) is 0 Å². The van der Waals surface area contributed by atoms with Crippen molar-refractivity contribution in [1.82, 2.24) is 9.97 Å². The van der Waals surface area contributed by atoms with Crippen LogP contribution in [-0.2, 0) is 0 Å². The quantitative estimate of drug-likeness (QED) is 0.178. The van der Waals surface area contributed by atoms with Gasteiger partial charge >= 0.3 is 0 Å². The number of rotatable bonds is 6. The maximum atomic E-state index is 9.95. The van der Waals surface area contributed by atoms with Gasteiger partial charge in [-0.1, -0.05) is 146 Å². The van der Waals surface area contributed by atoms with Gasteiger partial charge in [-0.05, 0) is 97.4 Å². The molecule has 3 nitrogen and oxygen atoms in total. The van der Waals surface area contributed by atoms with E-state index >= 15 is 0 Å². The van der Waals surface area contributed by atoms with E-state index in [0.29, 0.717) is 11.4 Å². The lowest BCUT2D eigenvalue weighted by Crippen LogP contribution is -1.95. The van der Waals surface area contributed by atoms with Crippen LogP contribution in [0.2, 0.25) is 0 Å². The second kappa shape index (κ2) is 13.3. The minimum absolute atomic E-state index is 0.644. The van der Waals surface area contributed by atoms with Crippen LogP contribution >= 0.6 is 0 Å². The number of nitrogens with zero attached hydrogens (tertiary/aromatic N) is 3. The summed E-state index contributed by atoms with van der Waals surface area (Å²) in [6.07, 6.45) is 0. The molecule has 9 rings (SSSR count). The summed E-state index contributed by atoms with van der Waals surface area (Å²) in [5, 5.41) is 14.6. The molecule has 0 aliphatic heterocycles. The Kier molecular flexibility index (Phi) is 7.89. The first-order valence-electron chi connectivity index (χ1n) is 17.4. The van der Waals surface area contributed by atoms with E-state index in [9.17, 15) is 5.26 Å². The lowest BCUT2D eigenvalue weighted by atomic mass is 9.93. The number of aromatic nitrogens is 2. The van der Waals surface area contributed by atoms with Gasteiger partial charge in [0.1, 0.15) is 0 Å². The van der Waals surface area contributed by atoms with Crippen LogP contribution < -0.4 is 0 Å². The van der Waals surface area contributed by atoms with Crippen molar-refractivity contribution in [3.63, 3.8) is 0 Å². The van der Waals surface area contributed by atoms with Crippen molar-refractivity contribution in [1.29, 1.82) is 5.26 Å². The van der Waals surface area contributed by atoms with E-state index in [2.05, 4.69) is 133 Å². The maximum Gasteiger partial charge on any atom is 0.160 e. The highest BCUT2D eigenvalue weighted by Crippen LogP contribution is 2.34. The average Bonchev–Trinajstić information content (AvgIpc) is 3.23. The van der Waals surface area contributed by atoms with Crippen LogP contribution in [-0.4, -0.2) is 9.97 Å². The zero-order chi connectivity index (χ0) is 34.9. The number of fused-ring (bicyclic) bond motifs is 2. The first-order valence-corrected chi connectivity index (χ1v) is 17.4. The molecule has 52 heavy (non-hydrogen) atoms. The average molecular weight is 662 g/mol. The zero-order valence-electron chi connectivity index (χ0n) is 28.2. The summed E-state index contributed by atoms with van der Waals surface area (Å²) in [7, 11) is 0. The van der Waals surface area contributed by atoms with E-state index in [4.69, 9.17) is 9.97 Å². The Morgan fingerprint density at radius 1 is 0.308 bits per heavy atom. The SMILES string of the molecule is N#Cc1cc(-c2ccc3ccccc3c2)cc(-c2ccc3ccc(-c4ccc(-c5cc(-c6ccccc6)nc(-c6ccccc6)n5)cc4)cc3c2)c1. The van der Waals surface area contributed by atoms with E-state index in [1.54, 1.807) is 0 Å². The van der Waals surface area contributed by atoms with Crippen LogP contribution in [0, 0.1) is 11.3 Å². The third-order valence-electron chi connectivity index (χ3n) is 9.66. The molecular formula is C49H31N3. The Bertz CT molecular complexity index is 2720. The lowest BCUT2D eigenvalue weighted by Gasteiger charge is -2.11. The molecule has 0 unspecified atom stereocenters. The highest BCUT2D eigenvalue weighted by atomic mass is 14.9. The molecule has 3 heteroatoms. The van der Waals surface area contributed by atoms with Crippen molar-refractivity contribution in [3.8, 4) is 73.4 Å². The van der Waals surface area contributed by atoms with Crippen LogP contribution in [0.4, 0.5) is 0 Å². The monoisotopic (exact) mass is 661 g/mol. The summed E-state index contributed by atoms with van der Waals surface area (Å²) < 4.78 is 0. The second-order valence-corrected chi connectivity index (χ2v) is 13.0. The molecule has 9 aromatic rings. The molecule has 0 saturated heterocycles. The highest BCUT2D eigenvalue weighted by molar-refractivity contribution is 5.92. The Balaban J connectivity index is 1.05. The first kappa shape index (κ1) is 30.9. The Morgan fingerprint density at radius 3 is 1.35 bits per heavy atom. The van der Waals surface area contributed by atoms with E-state index in [-0.39, 0.29) is 0 Å².